The van der Waals surface area contributed by atoms with Gasteiger partial charge in [-0.25, -0.2) is 5.43 Å². The van der Waals surface area contributed by atoms with Crippen molar-refractivity contribution in [1.29, 1.82) is 0 Å². The van der Waals surface area contributed by atoms with E-state index >= 15 is 0 Å². The number of rotatable bonds is 9. The normalized spacial score (nSPS) is 10.8. The van der Waals surface area contributed by atoms with E-state index in [2.05, 4.69) is 47.7 Å². The molecule has 0 heterocycles. The fourth-order valence-corrected chi connectivity index (χ4v) is 4.01. The van der Waals surface area contributed by atoms with Crippen molar-refractivity contribution in [2.75, 3.05) is 18.5 Å². The summed E-state index contributed by atoms with van der Waals surface area (Å²) >= 11 is 6.82. The summed E-state index contributed by atoms with van der Waals surface area (Å²) in [6, 6.07) is 16.2. The summed E-state index contributed by atoms with van der Waals surface area (Å²) in [4.78, 5) is 24.7. The van der Waals surface area contributed by atoms with E-state index in [-0.39, 0.29) is 18.4 Å². The Balaban J connectivity index is 1.66. The maximum Gasteiger partial charge on any atom is 0.271 e. The van der Waals surface area contributed by atoms with E-state index in [1.54, 1.807) is 36.4 Å². The highest BCUT2D eigenvalue weighted by molar-refractivity contribution is 9.10. The molecule has 0 aliphatic carbocycles. The summed E-state index contributed by atoms with van der Waals surface area (Å²) < 4.78 is 13.0. The van der Waals surface area contributed by atoms with E-state index < -0.39 is 0 Å². The topological polar surface area (TPSA) is 89.0 Å². The van der Waals surface area contributed by atoms with Crippen LogP contribution >= 0.6 is 31.9 Å². The monoisotopic (exact) mass is 601 g/mol. The molecule has 0 radical (unpaired) electrons. The third-order valence-corrected chi connectivity index (χ3v) is 5.94. The third-order valence-electron chi connectivity index (χ3n) is 4.82. The van der Waals surface area contributed by atoms with E-state index in [0.29, 0.717) is 33.7 Å². The molecule has 2 N–H and O–H groups in total. The third kappa shape index (κ3) is 7.66. The van der Waals surface area contributed by atoms with Crippen LogP contribution in [0.2, 0.25) is 0 Å². The first-order chi connectivity index (χ1) is 16.8. The molecule has 9 heteroatoms. The van der Waals surface area contributed by atoms with Crippen molar-refractivity contribution >= 4 is 55.6 Å². The molecule has 2 amide bonds. The Morgan fingerprint density at radius 1 is 1.00 bits per heavy atom. The molecule has 0 aromatic heterocycles. The standard InChI is InChI=1S/C26H25Br2N3O4/c1-4-34-23-13-18(14-29-31-26(33)19-6-8-20(27)9-7-19)12-21(28)25(23)35-15-24(32)30-22-10-5-16(2)11-17(22)3/h5-14H,4,15H2,1-3H3,(H,30,32)(H,31,33)/b29-14+. The van der Waals surface area contributed by atoms with Crippen LogP contribution in [-0.2, 0) is 4.79 Å². The van der Waals surface area contributed by atoms with Gasteiger partial charge in [0.1, 0.15) is 0 Å². The first-order valence-electron chi connectivity index (χ1n) is 10.8. The molecular formula is C26H25Br2N3O4. The zero-order chi connectivity index (χ0) is 25.4. The Hall–Kier alpha value is -3.17. The van der Waals surface area contributed by atoms with Gasteiger partial charge in [-0.3, -0.25) is 9.59 Å². The molecule has 3 rings (SSSR count). The van der Waals surface area contributed by atoms with Crippen molar-refractivity contribution in [1.82, 2.24) is 5.43 Å². The maximum atomic E-state index is 12.5. The molecule has 0 aliphatic rings. The van der Waals surface area contributed by atoms with Gasteiger partial charge in [0.2, 0.25) is 0 Å². The number of anilines is 1. The minimum Gasteiger partial charge on any atom is -0.490 e. The highest BCUT2D eigenvalue weighted by atomic mass is 79.9. The van der Waals surface area contributed by atoms with Crippen LogP contribution in [0, 0.1) is 13.8 Å². The Morgan fingerprint density at radius 2 is 1.74 bits per heavy atom. The lowest BCUT2D eigenvalue weighted by atomic mass is 10.1. The molecule has 0 fully saturated rings. The number of carbonyl (C=O) groups excluding carboxylic acids is 2. The first-order valence-corrected chi connectivity index (χ1v) is 12.4. The SMILES string of the molecule is CCOc1cc(/C=N/NC(=O)c2ccc(Br)cc2)cc(Br)c1OCC(=O)Nc1ccc(C)cc1C. The lowest BCUT2D eigenvalue weighted by molar-refractivity contribution is -0.118. The molecule has 182 valence electrons. The summed E-state index contributed by atoms with van der Waals surface area (Å²) in [5, 5.41) is 6.89. The number of amides is 2. The Morgan fingerprint density at radius 3 is 2.43 bits per heavy atom. The van der Waals surface area contributed by atoms with Gasteiger partial charge in [-0.05, 0) is 90.3 Å². The van der Waals surface area contributed by atoms with Crippen LogP contribution in [-0.4, -0.2) is 31.2 Å². The van der Waals surface area contributed by atoms with Gasteiger partial charge in [0.15, 0.2) is 18.1 Å². The molecule has 0 unspecified atom stereocenters. The van der Waals surface area contributed by atoms with Gasteiger partial charge in [-0.15, -0.1) is 0 Å². The second kappa shape index (κ2) is 12.5. The van der Waals surface area contributed by atoms with Crippen LogP contribution in [0.3, 0.4) is 0 Å². The molecule has 0 bridgehead atoms. The predicted octanol–water partition coefficient (Wildman–Crippen LogP) is 6.01. The number of carbonyl (C=O) groups is 2. The second-order valence-electron chi connectivity index (χ2n) is 7.62. The Labute approximate surface area is 221 Å². The molecular weight excluding hydrogens is 578 g/mol. The van der Waals surface area contributed by atoms with Crippen LogP contribution in [0.25, 0.3) is 0 Å². The van der Waals surface area contributed by atoms with Crippen LogP contribution in [0.15, 0.2) is 68.6 Å². The molecule has 3 aromatic carbocycles. The van der Waals surface area contributed by atoms with Gasteiger partial charge in [0.25, 0.3) is 11.8 Å². The van der Waals surface area contributed by atoms with Gasteiger partial charge in [0.05, 0.1) is 17.3 Å². The summed E-state index contributed by atoms with van der Waals surface area (Å²) in [7, 11) is 0. The summed E-state index contributed by atoms with van der Waals surface area (Å²) in [5.41, 5.74) is 6.50. The summed E-state index contributed by atoms with van der Waals surface area (Å²) in [6.45, 7) is 6.00. The van der Waals surface area contributed by atoms with Gasteiger partial charge >= 0.3 is 0 Å². The van der Waals surface area contributed by atoms with Crippen LogP contribution in [0.5, 0.6) is 11.5 Å². The molecule has 35 heavy (non-hydrogen) atoms. The number of nitrogens with zero attached hydrogens (tertiary/aromatic N) is 1. The highest BCUT2D eigenvalue weighted by Gasteiger charge is 2.14. The Bertz CT molecular complexity index is 1240. The van der Waals surface area contributed by atoms with Crippen molar-refractivity contribution < 1.29 is 19.1 Å². The Kier molecular flexibility index (Phi) is 9.45. The van der Waals surface area contributed by atoms with Crippen LogP contribution < -0.4 is 20.2 Å². The van der Waals surface area contributed by atoms with Crippen molar-refractivity contribution in [2.24, 2.45) is 5.10 Å². The predicted molar refractivity (Wildman–Crippen MR) is 145 cm³/mol. The fourth-order valence-electron chi connectivity index (χ4n) is 3.17. The van der Waals surface area contributed by atoms with E-state index in [1.165, 1.54) is 6.21 Å². The number of hydrazone groups is 1. The minimum atomic E-state index is -0.326. The molecule has 0 spiro atoms. The van der Waals surface area contributed by atoms with Gasteiger partial charge in [0, 0.05) is 15.7 Å². The van der Waals surface area contributed by atoms with Crippen molar-refractivity contribution in [3.8, 4) is 11.5 Å². The van der Waals surface area contributed by atoms with Crippen LogP contribution in [0.1, 0.15) is 34.0 Å². The number of halogens is 2. The van der Waals surface area contributed by atoms with E-state index in [9.17, 15) is 9.59 Å². The van der Waals surface area contributed by atoms with E-state index in [0.717, 1.165) is 21.3 Å². The number of hydrogen-bond donors (Lipinski definition) is 2. The quantitative estimate of drug-likeness (QED) is 0.232. The van der Waals surface area contributed by atoms with Crippen molar-refractivity contribution in [3.63, 3.8) is 0 Å². The van der Waals surface area contributed by atoms with Crippen molar-refractivity contribution in [2.45, 2.75) is 20.8 Å². The number of benzene rings is 3. The highest BCUT2D eigenvalue weighted by Crippen LogP contribution is 2.36. The second-order valence-corrected chi connectivity index (χ2v) is 9.39. The molecule has 0 saturated heterocycles. The average Bonchev–Trinajstić information content (AvgIpc) is 2.81. The summed E-state index contributed by atoms with van der Waals surface area (Å²) in [6.07, 6.45) is 1.50. The van der Waals surface area contributed by atoms with Gasteiger partial charge in [-0.1, -0.05) is 33.6 Å². The number of nitrogens with one attached hydrogen (secondary N) is 2. The molecule has 3 aromatic rings. The smallest absolute Gasteiger partial charge is 0.271 e. The molecule has 7 nitrogen and oxygen atoms in total. The van der Waals surface area contributed by atoms with Crippen LogP contribution in [0.4, 0.5) is 5.69 Å². The lowest BCUT2D eigenvalue weighted by Gasteiger charge is -2.15. The first kappa shape index (κ1) is 26.4. The van der Waals surface area contributed by atoms with Crippen molar-refractivity contribution in [3.05, 3.63) is 85.8 Å². The molecule has 0 saturated carbocycles. The zero-order valence-corrected chi connectivity index (χ0v) is 22.7. The lowest BCUT2D eigenvalue weighted by Crippen LogP contribution is -2.21. The zero-order valence-electron chi connectivity index (χ0n) is 19.5. The average molecular weight is 603 g/mol. The van der Waals surface area contributed by atoms with Gasteiger partial charge in [-0.2, -0.15) is 5.10 Å². The molecule has 0 atom stereocenters. The summed E-state index contributed by atoms with van der Waals surface area (Å²) in [5.74, 6) is 0.237. The fraction of sp³-hybridized carbons (Fsp3) is 0.192. The largest absolute Gasteiger partial charge is 0.490 e. The van der Waals surface area contributed by atoms with Gasteiger partial charge < -0.3 is 14.8 Å². The van der Waals surface area contributed by atoms with E-state index in [1.807, 2.05) is 39.0 Å². The number of aryl methyl sites for hydroxylation is 2. The minimum absolute atomic E-state index is 0.192. The number of ether oxygens (including phenoxy) is 2. The number of hydrogen-bond acceptors (Lipinski definition) is 5. The molecule has 0 aliphatic heterocycles. The maximum absolute atomic E-state index is 12.5. The van der Waals surface area contributed by atoms with E-state index in [4.69, 9.17) is 9.47 Å².